The molecule has 2 nitrogen and oxygen atoms in total. The molecule has 0 heterocycles. The summed E-state index contributed by atoms with van der Waals surface area (Å²) >= 11 is 6.79. The summed E-state index contributed by atoms with van der Waals surface area (Å²) in [5.41, 5.74) is 2.60. The molecular weight excluding hydrogens is 324 g/mol. The van der Waals surface area contributed by atoms with Crippen LogP contribution in [-0.4, -0.2) is 12.6 Å². The van der Waals surface area contributed by atoms with E-state index in [1.807, 2.05) is 19.1 Å². The van der Waals surface area contributed by atoms with Crippen molar-refractivity contribution in [3.8, 4) is 0 Å². The van der Waals surface area contributed by atoms with Gasteiger partial charge < -0.3 is 4.74 Å². The molecule has 0 radical (unpaired) electrons. The summed E-state index contributed by atoms with van der Waals surface area (Å²) in [5.74, 6) is -0.262. The SMILES string of the molecule is CCOC(=O)c1cc(C)c(Br)cc1CBr. The summed E-state index contributed by atoms with van der Waals surface area (Å²) in [5, 5.41) is 0.639. The number of carbonyl (C=O) groups is 1. The quantitative estimate of drug-likeness (QED) is 0.620. The normalized spacial score (nSPS) is 10.1. The number of aryl methyl sites for hydroxylation is 1. The molecule has 0 aromatic heterocycles. The third-order valence-electron chi connectivity index (χ3n) is 2.02. The first-order chi connectivity index (χ1) is 7.10. The Morgan fingerprint density at radius 2 is 2.13 bits per heavy atom. The van der Waals surface area contributed by atoms with Crippen LogP contribution in [0.3, 0.4) is 0 Å². The highest BCUT2D eigenvalue weighted by Gasteiger charge is 2.13. The predicted octanol–water partition coefficient (Wildman–Crippen LogP) is 3.83. The topological polar surface area (TPSA) is 26.3 Å². The highest BCUT2D eigenvalue weighted by molar-refractivity contribution is 9.10. The van der Waals surface area contributed by atoms with Crippen LogP contribution in [-0.2, 0) is 10.1 Å². The third kappa shape index (κ3) is 3.05. The number of hydrogen-bond donors (Lipinski definition) is 0. The molecule has 15 heavy (non-hydrogen) atoms. The fourth-order valence-corrected chi connectivity index (χ4v) is 2.09. The molecule has 0 spiro atoms. The van der Waals surface area contributed by atoms with Gasteiger partial charge in [-0.2, -0.15) is 0 Å². The Balaban J connectivity index is 3.15. The van der Waals surface area contributed by atoms with Crippen molar-refractivity contribution in [3.05, 3.63) is 33.3 Å². The van der Waals surface area contributed by atoms with Gasteiger partial charge in [-0.3, -0.25) is 0 Å². The zero-order valence-corrected chi connectivity index (χ0v) is 11.8. The fourth-order valence-electron chi connectivity index (χ4n) is 1.23. The zero-order valence-electron chi connectivity index (χ0n) is 8.64. The van der Waals surface area contributed by atoms with E-state index in [-0.39, 0.29) is 5.97 Å². The number of benzene rings is 1. The second kappa shape index (κ2) is 5.66. The number of halogens is 2. The van der Waals surface area contributed by atoms with Crippen molar-refractivity contribution in [2.24, 2.45) is 0 Å². The lowest BCUT2D eigenvalue weighted by Crippen LogP contribution is -2.08. The van der Waals surface area contributed by atoms with Gasteiger partial charge >= 0.3 is 5.97 Å². The van der Waals surface area contributed by atoms with Crippen molar-refractivity contribution in [1.29, 1.82) is 0 Å². The molecule has 0 unspecified atom stereocenters. The predicted molar refractivity (Wildman–Crippen MR) is 67.5 cm³/mol. The van der Waals surface area contributed by atoms with E-state index in [1.165, 1.54) is 0 Å². The van der Waals surface area contributed by atoms with Crippen molar-refractivity contribution >= 4 is 37.8 Å². The van der Waals surface area contributed by atoms with E-state index >= 15 is 0 Å². The molecule has 4 heteroatoms. The Labute approximate surface area is 106 Å². The molecule has 1 aromatic carbocycles. The Hall–Kier alpha value is -0.350. The number of esters is 1. The standard InChI is InChI=1S/C11H12Br2O2/c1-3-15-11(14)9-4-7(2)10(13)5-8(9)6-12/h4-5H,3,6H2,1-2H3. The first-order valence-corrected chi connectivity index (χ1v) is 6.53. The van der Waals surface area contributed by atoms with E-state index in [0.29, 0.717) is 17.5 Å². The first kappa shape index (κ1) is 12.7. The average molecular weight is 336 g/mol. The lowest BCUT2D eigenvalue weighted by atomic mass is 10.1. The molecule has 1 aromatic rings. The van der Waals surface area contributed by atoms with E-state index in [0.717, 1.165) is 15.6 Å². The zero-order chi connectivity index (χ0) is 11.4. The molecule has 1 rings (SSSR count). The van der Waals surface area contributed by atoms with Gasteiger partial charge in [0, 0.05) is 9.80 Å². The van der Waals surface area contributed by atoms with Crippen LogP contribution in [0.2, 0.25) is 0 Å². The van der Waals surface area contributed by atoms with Crippen molar-refractivity contribution in [2.75, 3.05) is 6.61 Å². The third-order valence-corrected chi connectivity index (χ3v) is 3.48. The highest BCUT2D eigenvalue weighted by Crippen LogP contribution is 2.23. The fraction of sp³-hybridized carbons (Fsp3) is 0.364. The molecule has 0 bridgehead atoms. The van der Waals surface area contributed by atoms with Gasteiger partial charge in [-0.15, -0.1) is 0 Å². The average Bonchev–Trinajstić information content (AvgIpc) is 2.21. The molecule has 0 atom stereocenters. The second-order valence-corrected chi connectivity index (χ2v) is 4.53. The summed E-state index contributed by atoms with van der Waals surface area (Å²) in [6.45, 7) is 4.15. The number of carbonyl (C=O) groups excluding carboxylic acids is 1. The van der Waals surface area contributed by atoms with E-state index in [4.69, 9.17) is 4.74 Å². The minimum atomic E-state index is -0.262. The molecule has 0 amide bonds. The smallest absolute Gasteiger partial charge is 0.338 e. The lowest BCUT2D eigenvalue weighted by Gasteiger charge is -2.09. The van der Waals surface area contributed by atoms with Gasteiger partial charge in [0.15, 0.2) is 0 Å². The first-order valence-electron chi connectivity index (χ1n) is 4.62. The molecule has 0 aliphatic rings. The summed E-state index contributed by atoms with van der Waals surface area (Å²) in [7, 11) is 0. The van der Waals surface area contributed by atoms with Crippen LogP contribution in [0.15, 0.2) is 16.6 Å². The lowest BCUT2D eigenvalue weighted by molar-refractivity contribution is 0.0525. The Morgan fingerprint density at radius 1 is 1.47 bits per heavy atom. The maximum absolute atomic E-state index is 11.6. The van der Waals surface area contributed by atoms with Gasteiger partial charge in [0.2, 0.25) is 0 Å². The summed E-state index contributed by atoms with van der Waals surface area (Å²) in [4.78, 5) is 11.6. The van der Waals surface area contributed by atoms with Crippen molar-refractivity contribution in [2.45, 2.75) is 19.2 Å². The van der Waals surface area contributed by atoms with Crippen molar-refractivity contribution in [3.63, 3.8) is 0 Å². The highest BCUT2D eigenvalue weighted by atomic mass is 79.9. The van der Waals surface area contributed by atoms with Gasteiger partial charge in [-0.25, -0.2) is 4.79 Å². The molecule has 0 saturated heterocycles. The van der Waals surface area contributed by atoms with E-state index in [1.54, 1.807) is 6.92 Å². The van der Waals surface area contributed by atoms with Crippen LogP contribution in [0.1, 0.15) is 28.4 Å². The molecule has 82 valence electrons. The van der Waals surface area contributed by atoms with Crippen LogP contribution in [0.4, 0.5) is 0 Å². The summed E-state index contributed by atoms with van der Waals surface area (Å²) < 4.78 is 5.99. The maximum atomic E-state index is 11.6. The molecular formula is C11H12Br2O2. The van der Waals surface area contributed by atoms with Gasteiger partial charge in [0.25, 0.3) is 0 Å². The van der Waals surface area contributed by atoms with Gasteiger partial charge in [-0.05, 0) is 37.1 Å². The van der Waals surface area contributed by atoms with Crippen molar-refractivity contribution in [1.82, 2.24) is 0 Å². The largest absolute Gasteiger partial charge is 0.462 e. The molecule has 0 saturated carbocycles. The second-order valence-electron chi connectivity index (χ2n) is 3.11. The number of alkyl halides is 1. The van der Waals surface area contributed by atoms with E-state index in [2.05, 4.69) is 31.9 Å². The minimum Gasteiger partial charge on any atom is -0.462 e. The minimum absolute atomic E-state index is 0.262. The van der Waals surface area contributed by atoms with Crippen molar-refractivity contribution < 1.29 is 9.53 Å². The van der Waals surface area contributed by atoms with E-state index < -0.39 is 0 Å². The summed E-state index contributed by atoms with van der Waals surface area (Å²) in [6.07, 6.45) is 0. The van der Waals surface area contributed by atoms with Crippen LogP contribution in [0, 0.1) is 6.92 Å². The Kier molecular flexibility index (Phi) is 4.80. The monoisotopic (exact) mass is 334 g/mol. The molecule has 0 N–H and O–H groups in total. The maximum Gasteiger partial charge on any atom is 0.338 e. The van der Waals surface area contributed by atoms with Gasteiger partial charge in [0.05, 0.1) is 12.2 Å². The Morgan fingerprint density at radius 3 is 2.67 bits per heavy atom. The van der Waals surface area contributed by atoms with Crippen LogP contribution >= 0.6 is 31.9 Å². The molecule has 0 aliphatic heterocycles. The Bertz CT molecular complexity index is 375. The van der Waals surface area contributed by atoms with Gasteiger partial charge in [0.1, 0.15) is 0 Å². The van der Waals surface area contributed by atoms with Crippen LogP contribution in [0.25, 0.3) is 0 Å². The molecule has 0 fully saturated rings. The molecule has 0 aliphatic carbocycles. The van der Waals surface area contributed by atoms with Gasteiger partial charge in [-0.1, -0.05) is 31.9 Å². The van der Waals surface area contributed by atoms with E-state index in [9.17, 15) is 4.79 Å². The number of rotatable bonds is 3. The van der Waals surface area contributed by atoms with Crippen LogP contribution < -0.4 is 0 Å². The number of ether oxygens (including phenoxy) is 1. The summed E-state index contributed by atoms with van der Waals surface area (Å²) in [6, 6.07) is 3.79. The van der Waals surface area contributed by atoms with Crippen LogP contribution in [0.5, 0.6) is 0 Å². The number of hydrogen-bond acceptors (Lipinski definition) is 2.